The lowest BCUT2D eigenvalue weighted by Crippen LogP contribution is -2.43. The smallest absolute Gasteiger partial charge is 0.244 e. The topological polar surface area (TPSA) is 86.8 Å². The van der Waals surface area contributed by atoms with E-state index in [2.05, 4.69) is 5.32 Å². The number of benzene rings is 1. The van der Waals surface area contributed by atoms with Gasteiger partial charge in [0.05, 0.1) is 0 Å². The van der Waals surface area contributed by atoms with Gasteiger partial charge in [-0.1, -0.05) is 12.1 Å². The number of halogens is 1. The quantitative estimate of drug-likeness (QED) is 0.797. The molecule has 2 heterocycles. The highest BCUT2D eigenvalue weighted by Crippen LogP contribution is 2.35. The molecule has 2 bridgehead atoms. The lowest BCUT2D eigenvalue weighted by atomic mass is 10.1. The molecule has 3 rings (SSSR count). The van der Waals surface area contributed by atoms with Gasteiger partial charge in [-0.05, 0) is 37.9 Å². The molecule has 2 fully saturated rings. The van der Waals surface area contributed by atoms with E-state index in [9.17, 15) is 16.8 Å². The average Bonchev–Trinajstić information content (AvgIpc) is 2.81. The second-order valence-electron chi connectivity index (χ2n) is 6.45. The maximum absolute atomic E-state index is 13.3. The van der Waals surface area contributed by atoms with Crippen molar-refractivity contribution in [3.63, 3.8) is 0 Å². The number of hydrogen-bond acceptors (Lipinski definition) is 5. The van der Waals surface area contributed by atoms with Crippen LogP contribution < -0.4 is 5.32 Å². The van der Waals surface area contributed by atoms with E-state index in [0.29, 0.717) is 6.54 Å². The van der Waals surface area contributed by atoms with Crippen molar-refractivity contribution in [2.75, 3.05) is 27.2 Å². The van der Waals surface area contributed by atoms with E-state index in [4.69, 9.17) is 0 Å². The summed E-state index contributed by atoms with van der Waals surface area (Å²) in [5, 5.41) is 3.26. The summed E-state index contributed by atoms with van der Waals surface area (Å²) in [6.45, 7) is 1.39. The van der Waals surface area contributed by atoms with Crippen molar-refractivity contribution in [2.45, 2.75) is 41.1 Å². The molecule has 0 amide bonds. The lowest BCUT2D eigenvalue weighted by Gasteiger charge is -2.28. The zero-order valence-corrected chi connectivity index (χ0v) is 16.7. The van der Waals surface area contributed by atoms with E-state index in [0.717, 1.165) is 30.1 Å². The highest BCUT2D eigenvalue weighted by Gasteiger charge is 2.44. The molecule has 10 heteroatoms. The molecule has 0 saturated carbocycles. The molecule has 2 aliphatic rings. The number of hydrogen-bond donors (Lipinski definition) is 1. The predicted molar refractivity (Wildman–Crippen MR) is 97.9 cm³/mol. The van der Waals surface area contributed by atoms with E-state index >= 15 is 0 Å². The SMILES string of the molecule is CN(C)S(=O)(=O)c1ccccc1S(=O)(=O)N1C2CCNCC1CC2.Cl. The van der Waals surface area contributed by atoms with Crippen LogP contribution in [0.2, 0.25) is 0 Å². The zero-order valence-electron chi connectivity index (χ0n) is 14.3. The van der Waals surface area contributed by atoms with Gasteiger partial charge in [-0.15, -0.1) is 12.4 Å². The first kappa shape index (κ1) is 20.6. The molecule has 2 atom stereocenters. The fourth-order valence-electron chi connectivity index (χ4n) is 3.52. The van der Waals surface area contributed by atoms with Gasteiger partial charge in [0.1, 0.15) is 9.79 Å². The number of nitrogens with zero attached hydrogens (tertiary/aromatic N) is 2. The van der Waals surface area contributed by atoms with Gasteiger partial charge in [-0.2, -0.15) is 4.31 Å². The number of nitrogens with one attached hydrogen (secondary N) is 1. The second-order valence-corrected chi connectivity index (χ2v) is 10.4. The van der Waals surface area contributed by atoms with Crippen LogP contribution in [0.4, 0.5) is 0 Å². The Morgan fingerprint density at radius 3 is 2.24 bits per heavy atom. The predicted octanol–water partition coefficient (Wildman–Crippen LogP) is 0.874. The first-order valence-corrected chi connectivity index (χ1v) is 10.9. The minimum Gasteiger partial charge on any atom is -0.315 e. The second kappa shape index (κ2) is 7.50. The minimum atomic E-state index is -3.88. The summed E-state index contributed by atoms with van der Waals surface area (Å²) in [5.74, 6) is 0. The fourth-order valence-corrected chi connectivity index (χ4v) is 7.09. The van der Waals surface area contributed by atoms with Crippen LogP contribution in [0.3, 0.4) is 0 Å². The van der Waals surface area contributed by atoms with E-state index in [-0.39, 0.29) is 34.3 Å². The molecule has 7 nitrogen and oxygen atoms in total. The van der Waals surface area contributed by atoms with Gasteiger partial charge in [0.2, 0.25) is 20.0 Å². The van der Waals surface area contributed by atoms with Crippen molar-refractivity contribution in [1.29, 1.82) is 0 Å². The molecule has 142 valence electrons. The molecule has 2 unspecified atom stereocenters. The number of fused-ring (bicyclic) bond motifs is 2. The lowest BCUT2D eigenvalue weighted by molar-refractivity contribution is 0.333. The standard InChI is InChI=1S/C15H23N3O4S2.ClH/c1-17(2)23(19,20)14-5-3-4-6-15(14)24(21,22)18-12-7-8-13(18)11-16-10-9-12;/h3-6,12-13,16H,7-11H2,1-2H3;1H. The van der Waals surface area contributed by atoms with Crippen LogP contribution in [0.5, 0.6) is 0 Å². The molecule has 0 aliphatic carbocycles. The van der Waals surface area contributed by atoms with Crippen LogP contribution in [0.1, 0.15) is 19.3 Å². The van der Waals surface area contributed by atoms with Crippen LogP contribution >= 0.6 is 12.4 Å². The highest BCUT2D eigenvalue weighted by molar-refractivity contribution is 7.92. The molecule has 1 aromatic rings. The molecule has 0 spiro atoms. The summed E-state index contributed by atoms with van der Waals surface area (Å²) in [4.78, 5) is -0.288. The molecule has 1 N–H and O–H groups in total. The number of sulfonamides is 2. The van der Waals surface area contributed by atoms with E-state index in [1.165, 1.54) is 30.5 Å². The third-order valence-corrected chi connectivity index (χ3v) is 8.82. The Kier molecular flexibility index (Phi) is 6.18. The zero-order chi connectivity index (χ0) is 17.5. The number of rotatable bonds is 4. The minimum absolute atomic E-state index is 0. The summed E-state index contributed by atoms with van der Waals surface area (Å²) in [5.41, 5.74) is 0. The van der Waals surface area contributed by atoms with Crippen molar-refractivity contribution in [3.8, 4) is 0 Å². The maximum Gasteiger partial charge on any atom is 0.244 e. The summed E-state index contributed by atoms with van der Waals surface area (Å²) < 4.78 is 54.3. The molecule has 1 aromatic carbocycles. The van der Waals surface area contributed by atoms with Crippen molar-refractivity contribution in [1.82, 2.24) is 13.9 Å². The summed E-state index contributed by atoms with van der Waals surface area (Å²) in [6, 6.07) is 5.69. The molecule has 0 aromatic heterocycles. The maximum atomic E-state index is 13.3. The van der Waals surface area contributed by atoms with Crippen molar-refractivity contribution < 1.29 is 16.8 Å². The van der Waals surface area contributed by atoms with Crippen LogP contribution in [0.25, 0.3) is 0 Å². The highest BCUT2D eigenvalue weighted by atomic mass is 35.5. The van der Waals surface area contributed by atoms with Crippen LogP contribution in [0.15, 0.2) is 34.1 Å². The molecule has 2 aliphatic heterocycles. The van der Waals surface area contributed by atoms with Gasteiger partial charge in [-0.3, -0.25) is 0 Å². The first-order valence-electron chi connectivity index (χ1n) is 8.02. The van der Waals surface area contributed by atoms with Crippen molar-refractivity contribution in [2.24, 2.45) is 0 Å². The Morgan fingerprint density at radius 2 is 1.60 bits per heavy atom. The van der Waals surface area contributed by atoms with Gasteiger partial charge >= 0.3 is 0 Å². The normalized spacial score (nSPS) is 24.8. The molecular formula is C15H24ClN3O4S2. The van der Waals surface area contributed by atoms with Gasteiger partial charge < -0.3 is 5.32 Å². The van der Waals surface area contributed by atoms with Crippen molar-refractivity contribution in [3.05, 3.63) is 24.3 Å². The Labute approximate surface area is 155 Å². The molecule has 25 heavy (non-hydrogen) atoms. The van der Waals surface area contributed by atoms with Gasteiger partial charge in [0, 0.05) is 32.7 Å². The van der Waals surface area contributed by atoms with Gasteiger partial charge in [0.15, 0.2) is 0 Å². The van der Waals surface area contributed by atoms with E-state index in [1.807, 2.05) is 0 Å². The first-order chi connectivity index (χ1) is 11.3. The molecule has 2 saturated heterocycles. The molecule has 0 radical (unpaired) electrons. The fraction of sp³-hybridized carbons (Fsp3) is 0.600. The third kappa shape index (κ3) is 3.58. The summed E-state index contributed by atoms with van der Waals surface area (Å²) in [7, 11) is -4.92. The van der Waals surface area contributed by atoms with Crippen molar-refractivity contribution >= 4 is 32.5 Å². The Balaban J connectivity index is 0.00000225. The third-order valence-electron chi connectivity index (χ3n) is 4.75. The summed E-state index contributed by atoms with van der Waals surface area (Å²) >= 11 is 0. The average molecular weight is 410 g/mol. The Bertz CT molecular complexity index is 813. The van der Waals surface area contributed by atoms with E-state index in [1.54, 1.807) is 12.1 Å². The van der Waals surface area contributed by atoms with Gasteiger partial charge in [-0.25, -0.2) is 21.1 Å². The summed E-state index contributed by atoms with van der Waals surface area (Å²) in [6.07, 6.45) is 2.38. The van der Waals surface area contributed by atoms with Crippen LogP contribution in [-0.2, 0) is 20.0 Å². The van der Waals surface area contributed by atoms with Crippen LogP contribution in [0, 0.1) is 0 Å². The van der Waals surface area contributed by atoms with Gasteiger partial charge in [0.25, 0.3) is 0 Å². The largest absolute Gasteiger partial charge is 0.315 e. The Hall–Kier alpha value is -0.710. The van der Waals surface area contributed by atoms with E-state index < -0.39 is 20.0 Å². The molecular weight excluding hydrogens is 386 g/mol. The monoisotopic (exact) mass is 409 g/mol. The Morgan fingerprint density at radius 1 is 1.00 bits per heavy atom. The van der Waals surface area contributed by atoms with Crippen LogP contribution in [-0.4, -0.2) is 64.7 Å².